The number of rotatable bonds is 10. The molecular weight excluding hydrogens is 318 g/mol. The maximum Gasteiger partial charge on any atom is 0.287 e. The number of amides is 2. The van der Waals surface area contributed by atoms with Crippen molar-refractivity contribution in [1.29, 1.82) is 0 Å². The van der Waals surface area contributed by atoms with Crippen LogP contribution < -0.4 is 16.0 Å². The van der Waals surface area contributed by atoms with E-state index >= 15 is 0 Å². The van der Waals surface area contributed by atoms with Gasteiger partial charge in [0.15, 0.2) is 5.76 Å². The standard InChI is InChI=1S/C19H25N3O3/c1-2-10-20-11-12-21-18(23)16(14-15-7-4-3-5-8-15)22-19(24)17-9-6-13-25-17/h3-9,13,16,20H,2,10-12,14H2,1H3,(H,21,23)(H,22,24). The molecule has 2 rings (SSSR count). The quantitative estimate of drug-likeness (QED) is 0.574. The van der Waals surface area contributed by atoms with Gasteiger partial charge < -0.3 is 20.4 Å². The van der Waals surface area contributed by atoms with E-state index in [-0.39, 0.29) is 11.7 Å². The van der Waals surface area contributed by atoms with Crippen LogP contribution in [-0.2, 0) is 11.2 Å². The molecule has 3 N–H and O–H groups in total. The van der Waals surface area contributed by atoms with Gasteiger partial charge in [-0.05, 0) is 30.7 Å². The molecule has 134 valence electrons. The van der Waals surface area contributed by atoms with Crippen LogP contribution in [-0.4, -0.2) is 37.5 Å². The molecule has 0 bridgehead atoms. The normalized spacial score (nSPS) is 11.7. The Labute approximate surface area is 148 Å². The van der Waals surface area contributed by atoms with Gasteiger partial charge in [0.1, 0.15) is 6.04 Å². The van der Waals surface area contributed by atoms with Crippen LogP contribution in [0.2, 0.25) is 0 Å². The summed E-state index contributed by atoms with van der Waals surface area (Å²) in [4.78, 5) is 24.7. The Morgan fingerprint density at radius 2 is 1.84 bits per heavy atom. The van der Waals surface area contributed by atoms with Crippen LogP contribution in [0.15, 0.2) is 53.1 Å². The maximum atomic E-state index is 12.5. The highest BCUT2D eigenvalue weighted by atomic mass is 16.3. The molecule has 2 amide bonds. The molecule has 0 fully saturated rings. The van der Waals surface area contributed by atoms with Crippen molar-refractivity contribution in [2.45, 2.75) is 25.8 Å². The number of benzene rings is 1. The summed E-state index contributed by atoms with van der Waals surface area (Å²) >= 11 is 0. The molecule has 0 spiro atoms. The molecule has 6 nitrogen and oxygen atoms in total. The van der Waals surface area contributed by atoms with Crippen molar-refractivity contribution in [2.24, 2.45) is 0 Å². The third kappa shape index (κ3) is 6.43. The largest absolute Gasteiger partial charge is 0.459 e. The van der Waals surface area contributed by atoms with Crippen LogP contribution >= 0.6 is 0 Å². The van der Waals surface area contributed by atoms with Gasteiger partial charge in [0.25, 0.3) is 5.91 Å². The molecule has 0 saturated heterocycles. The highest BCUT2D eigenvalue weighted by Gasteiger charge is 2.22. The molecule has 1 aromatic heterocycles. The molecule has 1 unspecified atom stereocenters. The van der Waals surface area contributed by atoms with Crippen molar-refractivity contribution in [1.82, 2.24) is 16.0 Å². The number of furan rings is 1. The number of hydrogen-bond acceptors (Lipinski definition) is 4. The third-order valence-electron chi connectivity index (χ3n) is 3.68. The second-order valence-electron chi connectivity index (χ2n) is 5.73. The predicted molar refractivity (Wildman–Crippen MR) is 96.3 cm³/mol. The number of carbonyl (C=O) groups excluding carboxylic acids is 2. The van der Waals surface area contributed by atoms with Gasteiger partial charge in [0, 0.05) is 19.5 Å². The average Bonchev–Trinajstić information content (AvgIpc) is 3.16. The average molecular weight is 343 g/mol. The van der Waals surface area contributed by atoms with E-state index in [1.807, 2.05) is 30.3 Å². The van der Waals surface area contributed by atoms with Gasteiger partial charge in [0.2, 0.25) is 5.91 Å². The zero-order chi connectivity index (χ0) is 17.9. The minimum Gasteiger partial charge on any atom is -0.459 e. The van der Waals surface area contributed by atoms with Gasteiger partial charge in [-0.25, -0.2) is 0 Å². The first-order valence-electron chi connectivity index (χ1n) is 8.57. The van der Waals surface area contributed by atoms with Gasteiger partial charge in [-0.2, -0.15) is 0 Å². The van der Waals surface area contributed by atoms with Crippen LogP contribution in [0.5, 0.6) is 0 Å². The van der Waals surface area contributed by atoms with Crippen molar-refractivity contribution >= 4 is 11.8 Å². The van der Waals surface area contributed by atoms with E-state index in [2.05, 4.69) is 22.9 Å². The summed E-state index contributed by atoms with van der Waals surface area (Å²) < 4.78 is 5.10. The summed E-state index contributed by atoms with van der Waals surface area (Å²) in [7, 11) is 0. The lowest BCUT2D eigenvalue weighted by Gasteiger charge is -2.18. The molecule has 0 radical (unpaired) electrons. The fourth-order valence-electron chi connectivity index (χ4n) is 2.40. The first kappa shape index (κ1) is 18.7. The monoisotopic (exact) mass is 343 g/mol. The molecule has 6 heteroatoms. The number of nitrogens with one attached hydrogen (secondary N) is 3. The minimum atomic E-state index is -0.661. The van der Waals surface area contributed by atoms with E-state index in [9.17, 15) is 9.59 Å². The zero-order valence-electron chi connectivity index (χ0n) is 14.5. The smallest absolute Gasteiger partial charge is 0.287 e. The first-order chi connectivity index (χ1) is 12.2. The molecule has 0 aliphatic rings. The van der Waals surface area contributed by atoms with E-state index in [0.29, 0.717) is 19.5 Å². The molecule has 25 heavy (non-hydrogen) atoms. The van der Waals surface area contributed by atoms with E-state index < -0.39 is 11.9 Å². The van der Waals surface area contributed by atoms with E-state index in [1.165, 1.54) is 6.26 Å². The lowest BCUT2D eigenvalue weighted by atomic mass is 10.1. The van der Waals surface area contributed by atoms with Crippen molar-refractivity contribution in [3.63, 3.8) is 0 Å². The second kappa shape index (κ2) is 10.3. The van der Waals surface area contributed by atoms with Crippen molar-refractivity contribution in [3.05, 3.63) is 60.1 Å². The van der Waals surface area contributed by atoms with Crippen molar-refractivity contribution in [2.75, 3.05) is 19.6 Å². The van der Waals surface area contributed by atoms with Gasteiger partial charge in [-0.1, -0.05) is 37.3 Å². The highest BCUT2D eigenvalue weighted by molar-refractivity contribution is 5.95. The topological polar surface area (TPSA) is 83.4 Å². The molecule has 0 aliphatic carbocycles. The van der Waals surface area contributed by atoms with Gasteiger partial charge in [-0.3, -0.25) is 9.59 Å². The van der Waals surface area contributed by atoms with Crippen molar-refractivity contribution in [3.8, 4) is 0 Å². The third-order valence-corrected chi connectivity index (χ3v) is 3.68. The molecule has 2 aromatic rings. The zero-order valence-corrected chi connectivity index (χ0v) is 14.5. The molecule has 1 atom stereocenters. The summed E-state index contributed by atoms with van der Waals surface area (Å²) in [5, 5.41) is 8.85. The van der Waals surface area contributed by atoms with E-state index in [4.69, 9.17) is 4.42 Å². The Bertz CT molecular complexity index is 641. The molecule has 1 aromatic carbocycles. The van der Waals surface area contributed by atoms with Gasteiger partial charge in [0.05, 0.1) is 6.26 Å². The van der Waals surface area contributed by atoms with Gasteiger partial charge >= 0.3 is 0 Å². The Balaban J connectivity index is 1.95. The van der Waals surface area contributed by atoms with E-state index in [1.54, 1.807) is 12.1 Å². The summed E-state index contributed by atoms with van der Waals surface area (Å²) in [5.74, 6) is -0.414. The molecule has 1 heterocycles. The Morgan fingerprint density at radius 3 is 2.52 bits per heavy atom. The Hall–Kier alpha value is -2.60. The predicted octanol–water partition coefficient (Wildman–Crippen LogP) is 1.74. The Morgan fingerprint density at radius 1 is 1.04 bits per heavy atom. The summed E-state index contributed by atoms with van der Waals surface area (Å²) in [6.45, 7) is 4.22. The minimum absolute atomic E-state index is 0.190. The van der Waals surface area contributed by atoms with Crippen LogP contribution in [0.1, 0.15) is 29.5 Å². The Kier molecular flexibility index (Phi) is 7.72. The van der Waals surface area contributed by atoms with Gasteiger partial charge in [-0.15, -0.1) is 0 Å². The number of carbonyl (C=O) groups is 2. The van der Waals surface area contributed by atoms with Crippen molar-refractivity contribution < 1.29 is 14.0 Å². The second-order valence-corrected chi connectivity index (χ2v) is 5.73. The highest BCUT2D eigenvalue weighted by Crippen LogP contribution is 2.06. The lowest BCUT2D eigenvalue weighted by molar-refractivity contribution is -0.122. The number of hydrogen-bond donors (Lipinski definition) is 3. The van der Waals surface area contributed by atoms with Crippen LogP contribution in [0.4, 0.5) is 0 Å². The van der Waals surface area contributed by atoms with Crippen LogP contribution in [0, 0.1) is 0 Å². The van der Waals surface area contributed by atoms with Crippen LogP contribution in [0.25, 0.3) is 0 Å². The summed E-state index contributed by atoms with van der Waals surface area (Å²) in [6, 6.07) is 12.2. The fraction of sp³-hybridized carbons (Fsp3) is 0.368. The molecule has 0 aliphatic heterocycles. The fourth-order valence-corrected chi connectivity index (χ4v) is 2.40. The summed E-state index contributed by atoms with van der Waals surface area (Å²) in [6.07, 6.45) is 2.89. The van der Waals surface area contributed by atoms with Crippen LogP contribution in [0.3, 0.4) is 0 Å². The van der Waals surface area contributed by atoms with E-state index in [0.717, 1.165) is 18.5 Å². The molecule has 0 saturated carbocycles. The summed E-state index contributed by atoms with van der Waals surface area (Å²) in [5.41, 5.74) is 0.978. The SMILES string of the molecule is CCCNCCNC(=O)C(Cc1ccccc1)NC(=O)c1ccco1. The lowest BCUT2D eigenvalue weighted by Crippen LogP contribution is -2.49. The maximum absolute atomic E-state index is 12.5. The first-order valence-corrected chi connectivity index (χ1v) is 8.57. The molecular formula is C19H25N3O3.